The normalized spacial score (nSPS) is 15.7. The molecule has 13 heavy (non-hydrogen) atoms. The van der Waals surface area contributed by atoms with Crippen molar-refractivity contribution < 1.29 is 0 Å². The molecule has 0 spiro atoms. The summed E-state index contributed by atoms with van der Waals surface area (Å²) in [4.78, 5) is 10.1. The number of nitrogens with two attached hydrogens (primary N) is 1. The van der Waals surface area contributed by atoms with Crippen LogP contribution in [-0.2, 0) is 0 Å². The van der Waals surface area contributed by atoms with E-state index in [0.29, 0.717) is 11.8 Å². The number of nitrogens with zero attached hydrogens (tertiary/aromatic N) is 3. The van der Waals surface area contributed by atoms with E-state index in [2.05, 4.69) is 9.97 Å². The van der Waals surface area contributed by atoms with Crippen LogP contribution in [0.1, 0.15) is 0 Å². The molecule has 2 rings (SSSR count). The van der Waals surface area contributed by atoms with Gasteiger partial charge in [-0.2, -0.15) is 0 Å². The van der Waals surface area contributed by atoms with Crippen LogP contribution in [0.5, 0.6) is 0 Å². The number of rotatable bonds is 1. The Morgan fingerprint density at radius 3 is 2.77 bits per heavy atom. The van der Waals surface area contributed by atoms with Crippen molar-refractivity contribution in [2.75, 3.05) is 11.4 Å². The van der Waals surface area contributed by atoms with Crippen LogP contribution in [0.4, 0.5) is 5.95 Å². The average molecular weight is 174 g/mol. The minimum absolute atomic E-state index is 0.639. The molecular weight excluding hydrogens is 164 g/mol. The number of allylic oxidation sites excluding steroid dienone is 2. The zero-order valence-corrected chi connectivity index (χ0v) is 7.09. The fourth-order valence-electron chi connectivity index (χ4n) is 1.16. The van der Waals surface area contributed by atoms with Gasteiger partial charge in [0.2, 0.25) is 5.95 Å². The maximum Gasteiger partial charge on any atom is 0.231 e. The van der Waals surface area contributed by atoms with Gasteiger partial charge < -0.3 is 5.73 Å². The highest BCUT2D eigenvalue weighted by Gasteiger charge is 2.11. The Labute approximate surface area is 76.4 Å². The lowest BCUT2D eigenvalue weighted by molar-refractivity contribution is 0.907. The lowest BCUT2D eigenvalue weighted by Gasteiger charge is -2.22. The van der Waals surface area contributed by atoms with Crippen molar-refractivity contribution in [3.05, 3.63) is 42.5 Å². The average Bonchev–Trinajstić information content (AvgIpc) is 2.20. The molecule has 2 N–H and O–H groups in total. The Bertz CT molecular complexity index is 342. The first kappa shape index (κ1) is 7.79. The molecule has 4 nitrogen and oxygen atoms in total. The van der Waals surface area contributed by atoms with E-state index in [1.807, 2.05) is 23.1 Å². The van der Waals surface area contributed by atoms with Gasteiger partial charge in [0.1, 0.15) is 5.82 Å². The topological polar surface area (TPSA) is 55.0 Å². The summed E-state index contributed by atoms with van der Waals surface area (Å²) in [5.74, 6) is 1.31. The van der Waals surface area contributed by atoms with Gasteiger partial charge in [0, 0.05) is 18.9 Å². The van der Waals surface area contributed by atoms with Crippen LogP contribution in [0.3, 0.4) is 0 Å². The molecule has 0 aliphatic carbocycles. The number of anilines is 1. The van der Waals surface area contributed by atoms with Crippen molar-refractivity contribution in [3.63, 3.8) is 0 Å². The molecule has 1 aliphatic rings. The van der Waals surface area contributed by atoms with E-state index in [1.54, 1.807) is 18.5 Å². The second kappa shape index (κ2) is 3.26. The predicted molar refractivity (Wildman–Crippen MR) is 50.8 cm³/mol. The third kappa shape index (κ3) is 1.51. The van der Waals surface area contributed by atoms with Crippen molar-refractivity contribution >= 4 is 5.95 Å². The summed E-state index contributed by atoms with van der Waals surface area (Å²) in [6.07, 6.45) is 9.17. The number of hydrogen-bond acceptors (Lipinski definition) is 4. The van der Waals surface area contributed by atoms with E-state index in [0.717, 1.165) is 6.54 Å². The first-order valence-electron chi connectivity index (χ1n) is 4.05. The lowest BCUT2D eigenvalue weighted by atomic mass is 10.3. The molecule has 66 valence electrons. The molecule has 1 aliphatic heterocycles. The van der Waals surface area contributed by atoms with Crippen LogP contribution >= 0.6 is 0 Å². The largest absolute Gasteiger partial charge is 0.385 e. The quantitative estimate of drug-likeness (QED) is 0.679. The maximum atomic E-state index is 5.77. The second-order valence-corrected chi connectivity index (χ2v) is 2.68. The number of aromatic nitrogens is 2. The summed E-state index contributed by atoms with van der Waals surface area (Å²) in [7, 11) is 0. The molecular formula is C9H10N4. The molecule has 0 saturated heterocycles. The molecule has 0 fully saturated rings. The third-order valence-electron chi connectivity index (χ3n) is 1.80. The van der Waals surface area contributed by atoms with Crippen LogP contribution < -0.4 is 10.6 Å². The molecule has 0 amide bonds. The van der Waals surface area contributed by atoms with Crippen molar-refractivity contribution in [3.8, 4) is 0 Å². The predicted octanol–water partition coefficient (Wildman–Crippen LogP) is 0.653. The standard InChI is InChI=1S/C9H10N4/c10-8-4-1-2-7-13(8)9-11-5-3-6-12-9/h1-6H,7,10H2. The van der Waals surface area contributed by atoms with Crippen molar-refractivity contribution in [1.29, 1.82) is 0 Å². The highest BCUT2D eigenvalue weighted by Crippen LogP contribution is 2.11. The minimum Gasteiger partial charge on any atom is -0.385 e. The summed E-state index contributed by atoms with van der Waals surface area (Å²) < 4.78 is 0. The van der Waals surface area contributed by atoms with Gasteiger partial charge in [0.15, 0.2) is 0 Å². The molecule has 4 heteroatoms. The zero-order chi connectivity index (χ0) is 9.10. The van der Waals surface area contributed by atoms with Gasteiger partial charge in [-0.3, -0.25) is 4.90 Å². The maximum absolute atomic E-state index is 5.77. The number of hydrogen-bond donors (Lipinski definition) is 1. The van der Waals surface area contributed by atoms with E-state index in [1.165, 1.54) is 0 Å². The summed E-state index contributed by atoms with van der Waals surface area (Å²) in [6, 6.07) is 1.78. The van der Waals surface area contributed by atoms with Crippen molar-refractivity contribution in [2.45, 2.75) is 0 Å². The first-order chi connectivity index (χ1) is 6.38. The summed E-state index contributed by atoms with van der Waals surface area (Å²) >= 11 is 0. The Hall–Kier alpha value is -1.84. The van der Waals surface area contributed by atoms with Gasteiger partial charge in [-0.1, -0.05) is 12.2 Å². The molecule has 0 aromatic carbocycles. The van der Waals surface area contributed by atoms with E-state index < -0.39 is 0 Å². The molecule has 1 aromatic rings. The van der Waals surface area contributed by atoms with E-state index in [4.69, 9.17) is 5.73 Å². The van der Waals surface area contributed by atoms with Crippen LogP contribution in [-0.4, -0.2) is 16.5 Å². The highest BCUT2D eigenvalue weighted by molar-refractivity contribution is 5.42. The van der Waals surface area contributed by atoms with Gasteiger partial charge in [-0.15, -0.1) is 0 Å². The molecule has 0 radical (unpaired) electrons. The Morgan fingerprint density at radius 1 is 1.31 bits per heavy atom. The van der Waals surface area contributed by atoms with Gasteiger partial charge in [0.25, 0.3) is 0 Å². The Kier molecular flexibility index (Phi) is 1.96. The molecule has 0 saturated carbocycles. The van der Waals surface area contributed by atoms with E-state index in [9.17, 15) is 0 Å². The van der Waals surface area contributed by atoms with Gasteiger partial charge in [-0.05, 0) is 12.1 Å². The van der Waals surface area contributed by atoms with Crippen LogP contribution in [0, 0.1) is 0 Å². The van der Waals surface area contributed by atoms with Crippen molar-refractivity contribution in [2.24, 2.45) is 5.73 Å². The molecule has 0 unspecified atom stereocenters. The second-order valence-electron chi connectivity index (χ2n) is 2.68. The Morgan fingerprint density at radius 2 is 2.08 bits per heavy atom. The monoisotopic (exact) mass is 174 g/mol. The third-order valence-corrected chi connectivity index (χ3v) is 1.80. The van der Waals surface area contributed by atoms with Crippen LogP contribution in [0.2, 0.25) is 0 Å². The Balaban J connectivity index is 2.28. The molecule has 0 atom stereocenters. The molecule has 2 heterocycles. The van der Waals surface area contributed by atoms with Crippen LogP contribution in [0.15, 0.2) is 42.5 Å². The smallest absolute Gasteiger partial charge is 0.231 e. The van der Waals surface area contributed by atoms with E-state index in [-0.39, 0.29) is 0 Å². The van der Waals surface area contributed by atoms with Gasteiger partial charge in [-0.25, -0.2) is 9.97 Å². The fraction of sp³-hybridized carbons (Fsp3) is 0.111. The summed E-state index contributed by atoms with van der Waals surface area (Å²) in [5, 5.41) is 0. The van der Waals surface area contributed by atoms with Crippen molar-refractivity contribution in [1.82, 2.24) is 9.97 Å². The SMILES string of the molecule is NC1=CC=CCN1c1ncccn1. The van der Waals surface area contributed by atoms with Gasteiger partial charge in [0.05, 0.1) is 0 Å². The van der Waals surface area contributed by atoms with Crippen LogP contribution in [0.25, 0.3) is 0 Å². The highest BCUT2D eigenvalue weighted by atomic mass is 15.3. The molecule has 1 aromatic heterocycles. The first-order valence-corrected chi connectivity index (χ1v) is 4.05. The molecule has 0 bridgehead atoms. The van der Waals surface area contributed by atoms with E-state index >= 15 is 0 Å². The fourth-order valence-corrected chi connectivity index (χ4v) is 1.16. The summed E-state index contributed by atoms with van der Waals surface area (Å²) in [6.45, 7) is 0.729. The minimum atomic E-state index is 0.639. The lowest BCUT2D eigenvalue weighted by Crippen LogP contribution is -2.30. The summed E-state index contributed by atoms with van der Waals surface area (Å²) in [5.41, 5.74) is 5.77. The van der Waals surface area contributed by atoms with Gasteiger partial charge >= 0.3 is 0 Å². The zero-order valence-electron chi connectivity index (χ0n) is 7.09.